The zero-order valence-electron chi connectivity index (χ0n) is 21.1. The molecule has 0 aliphatic rings. The Morgan fingerprint density at radius 2 is 0.971 bits per heavy atom. The van der Waals surface area contributed by atoms with Crippen molar-refractivity contribution in [2.45, 2.75) is 45.1 Å². The van der Waals surface area contributed by atoms with Gasteiger partial charge in [0.1, 0.15) is 0 Å². The minimum absolute atomic E-state index is 0.182. The van der Waals surface area contributed by atoms with E-state index < -0.39 is 15.6 Å². The summed E-state index contributed by atoms with van der Waals surface area (Å²) in [6, 6.07) is 42.3. The van der Waals surface area contributed by atoms with Crippen LogP contribution in [0.5, 0.6) is 5.75 Å². The second-order valence-electron chi connectivity index (χ2n) is 10.7. The summed E-state index contributed by atoms with van der Waals surface area (Å²) in [7, 11) is -4.15. The van der Waals surface area contributed by atoms with Crippen molar-refractivity contribution in [3.05, 3.63) is 121 Å². The Morgan fingerprint density at radius 1 is 0.588 bits per heavy atom. The topological polar surface area (TPSA) is 9.23 Å². The van der Waals surface area contributed by atoms with E-state index in [2.05, 4.69) is 149 Å². The molecule has 34 heavy (non-hydrogen) atoms. The van der Waals surface area contributed by atoms with Gasteiger partial charge in [0.25, 0.3) is 0 Å². The van der Waals surface area contributed by atoms with Gasteiger partial charge >= 0.3 is 208 Å². The number of hydrogen-bond acceptors (Lipinski definition) is 1. The third-order valence-electron chi connectivity index (χ3n) is 7.37. The van der Waals surface area contributed by atoms with Gasteiger partial charge in [-0.05, 0) is 0 Å². The zero-order valence-corrected chi connectivity index (χ0v) is 23.1. The van der Waals surface area contributed by atoms with Crippen LogP contribution in [0.1, 0.15) is 26.3 Å². The zero-order chi connectivity index (χ0) is 24.2. The molecule has 0 bridgehead atoms. The molecule has 0 atom stereocenters. The summed E-state index contributed by atoms with van der Waals surface area (Å²) in [6.07, 6.45) is 1.01. The van der Waals surface area contributed by atoms with Crippen LogP contribution in [0, 0.1) is 0 Å². The molecule has 4 aromatic rings. The number of benzene rings is 4. The van der Waals surface area contributed by atoms with E-state index in [1.54, 1.807) is 0 Å². The third-order valence-corrected chi connectivity index (χ3v) is 16.6. The molecule has 0 saturated carbocycles. The molecule has 0 amide bonds. The fraction of sp³-hybridized carbons (Fsp3) is 0.226. The average molecular weight is 485 g/mol. The van der Waals surface area contributed by atoms with Gasteiger partial charge in [0.2, 0.25) is 0 Å². The van der Waals surface area contributed by atoms with E-state index in [4.69, 9.17) is 4.43 Å². The molecular weight excluding hydrogens is 447 g/mol. The van der Waals surface area contributed by atoms with Gasteiger partial charge in [-0.2, -0.15) is 0 Å². The van der Waals surface area contributed by atoms with E-state index in [9.17, 15) is 0 Å². The SMILES string of the molecule is CC(C)(C)[Si](C)(C)Oc1ccc(C[PH](c2ccccc2)(c2ccccc2)c2ccccc2)cc1. The molecule has 0 N–H and O–H groups in total. The first-order valence-electron chi connectivity index (χ1n) is 12.2. The molecule has 0 aliphatic heterocycles. The van der Waals surface area contributed by atoms with Crippen molar-refractivity contribution in [2.75, 3.05) is 0 Å². The molecule has 0 aliphatic carbocycles. The Labute approximate surface area is 207 Å². The van der Waals surface area contributed by atoms with Crippen LogP contribution in [-0.2, 0) is 6.16 Å². The quantitative estimate of drug-likeness (QED) is 0.198. The van der Waals surface area contributed by atoms with Crippen LogP contribution >= 0.6 is 7.26 Å². The van der Waals surface area contributed by atoms with Crippen LogP contribution in [-0.4, -0.2) is 8.32 Å². The molecule has 0 fully saturated rings. The summed E-state index contributed by atoms with van der Waals surface area (Å²) in [5, 5.41) is 4.50. The van der Waals surface area contributed by atoms with E-state index in [0.717, 1.165) is 11.9 Å². The van der Waals surface area contributed by atoms with Crippen molar-refractivity contribution in [3.8, 4) is 5.75 Å². The van der Waals surface area contributed by atoms with Crippen LogP contribution in [0.25, 0.3) is 0 Å². The van der Waals surface area contributed by atoms with Crippen LogP contribution < -0.4 is 20.3 Å². The molecule has 4 rings (SSSR count). The first-order chi connectivity index (χ1) is 16.2. The van der Waals surface area contributed by atoms with Crippen LogP contribution in [0.3, 0.4) is 0 Å². The monoisotopic (exact) mass is 484 g/mol. The van der Waals surface area contributed by atoms with E-state index in [-0.39, 0.29) is 5.04 Å². The molecule has 0 spiro atoms. The van der Waals surface area contributed by atoms with Gasteiger partial charge in [0.05, 0.1) is 0 Å². The Hall–Kier alpha value is -2.67. The summed E-state index contributed by atoms with van der Waals surface area (Å²) < 4.78 is 6.56. The van der Waals surface area contributed by atoms with Crippen molar-refractivity contribution in [1.29, 1.82) is 0 Å². The van der Waals surface area contributed by atoms with E-state index in [1.807, 2.05) is 0 Å². The summed E-state index contributed by atoms with van der Waals surface area (Å²) in [5.41, 5.74) is 1.35. The van der Waals surface area contributed by atoms with Crippen molar-refractivity contribution >= 4 is 31.5 Å². The maximum atomic E-state index is 6.56. The molecule has 3 heteroatoms. The average Bonchev–Trinajstić information content (AvgIpc) is 2.84. The van der Waals surface area contributed by atoms with Gasteiger partial charge in [-0.1, -0.05) is 0 Å². The summed E-state index contributed by atoms with van der Waals surface area (Å²) >= 11 is 0. The number of hydrogen-bond donors (Lipinski definition) is 0. The van der Waals surface area contributed by atoms with Crippen LogP contribution in [0.2, 0.25) is 18.1 Å². The standard InChI is InChI=1S/C31H37OPSi/c1-31(2,3)34(4,5)32-27-23-21-26(22-24-27)25-33(28-15-9-6-10-16-28,29-17-11-7-12-18-29)30-19-13-8-14-20-30/h6-24,33H,25H2,1-5H3. The first-order valence-corrected chi connectivity index (χ1v) is 17.3. The maximum absolute atomic E-state index is 6.56. The van der Waals surface area contributed by atoms with E-state index in [1.165, 1.54) is 21.5 Å². The van der Waals surface area contributed by atoms with Crippen LogP contribution in [0.15, 0.2) is 115 Å². The summed E-state index contributed by atoms with van der Waals surface area (Å²) in [4.78, 5) is 0. The Morgan fingerprint density at radius 3 is 1.32 bits per heavy atom. The molecule has 1 nitrogen and oxygen atoms in total. The van der Waals surface area contributed by atoms with Gasteiger partial charge in [-0.3, -0.25) is 0 Å². The third kappa shape index (κ3) is 5.04. The minimum atomic E-state index is -2.29. The molecule has 0 saturated heterocycles. The van der Waals surface area contributed by atoms with Gasteiger partial charge in [0, 0.05) is 0 Å². The Kier molecular flexibility index (Phi) is 7.12. The predicted octanol–water partition coefficient (Wildman–Crippen LogP) is 7.30. The van der Waals surface area contributed by atoms with E-state index in [0.29, 0.717) is 0 Å². The van der Waals surface area contributed by atoms with Gasteiger partial charge in [-0.25, -0.2) is 0 Å². The van der Waals surface area contributed by atoms with Gasteiger partial charge < -0.3 is 0 Å². The van der Waals surface area contributed by atoms with Gasteiger partial charge in [-0.15, -0.1) is 0 Å². The first kappa shape index (κ1) is 24.5. The van der Waals surface area contributed by atoms with Crippen molar-refractivity contribution in [3.63, 3.8) is 0 Å². The molecule has 0 unspecified atom stereocenters. The molecule has 0 heterocycles. The van der Waals surface area contributed by atoms with Crippen molar-refractivity contribution < 1.29 is 4.43 Å². The predicted molar refractivity (Wildman–Crippen MR) is 155 cm³/mol. The second kappa shape index (κ2) is 9.90. The summed E-state index contributed by atoms with van der Waals surface area (Å²) in [6.45, 7) is 11.5. The molecule has 0 radical (unpaired) electrons. The van der Waals surface area contributed by atoms with E-state index >= 15 is 0 Å². The van der Waals surface area contributed by atoms with Crippen molar-refractivity contribution in [2.24, 2.45) is 0 Å². The molecule has 0 aromatic heterocycles. The summed E-state index contributed by atoms with van der Waals surface area (Å²) in [5.74, 6) is 0.988. The Balaban J connectivity index is 1.78. The van der Waals surface area contributed by atoms with Crippen LogP contribution in [0.4, 0.5) is 0 Å². The fourth-order valence-electron chi connectivity index (χ4n) is 4.40. The van der Waals surface area contributed by atoms with Crippen molar-refractivity contribution in [1.82, 2.24) is 0 Å². The number of rotatable bonds is 7. The fourth-order valence-corrected chi connectivity index (χ4v) is 10.2. The Bertz CT molecular complexity index is 1080. The molecule has 4 aromatic carbocycles. The second-order valence-corrected chi connectivity index (χ2v) is 19.3. The molecular formula is C31H37OPSi. The molecule has 176 valence electrons. The van der Waals surface area contributed by atoms with Gasteiger partial charge in [0.15, 0.2) is 0 Å². The normalized spacial score (nSPS) is 12.9.